The molecule has 1 aliphatic heterocycles. The Morgan fingerprint density at radius 1 is 1.29 bits per heavy atom. The number of carboxylic acid groups (broad SMARTS) is 1. The average molecular weight is 313 g/mol. The van der Waals surface area contributed by atoms with Gasteiger partial charge in [0.2, 0.25) is 10.0 Å². The lowest BCUT2D eigenvalue weighted by molar-refractivity contribution is -0.141. The lowest BCUT2D eigenvalue weighted by Gasteiger charge is -2.21. The Morgan fingerprint density at radius 2 is 1.90 bits per heavy atom. The Labute approximate surface area is 121 Å². The molecular formula is C12H15N3O5S. The van der Waals surface area contributed by atoms with Gasteiger partial charge in [-0.05, 0) is 37.1 Å². The molecule has 1 aliphatic rings. The summed E-state index contributed by atoms with van der Waals surface area (Å²) in [5.41, 5.74) is 0.364. The third-order valence-corrected chi connectivity index (χ3v) is 4.16. The van der Waals surface area contributed by atoms with Gasteiger partial charge in [-0.2, -0.15) is 0 Å². The van der Waals surface area contributed by atoms with Gasteiger partial charge in [0.25, 0.3) is 0 Å². The maximum Gasteiger partial charge on any atom is 0.326 e. The van der Waals surface area contributed by atoms with E-state index < -0.39 is 28.1 Å². The monoisotopic (exact) mass is 313 g/mol. The Bertz CT molecular complexity index is 656. The second-order valence-electron chi connectivity index (χ2n) is 4.69. The molecule has 4 N–H and O–H groups in total. The van der Waals surface area contributed by atoms with E-state index in [1.54, 1.807) is 0 Å². The zero-order chi connectivity index (χ0) is 15.6. The summed E-state index contributed by atoms with van der Waals surface area (Å²) in [6.45, 7) is 0.373. The number of hydrogen-bond acceptors (Lipinski definition) is 4. The number of carbonyl (C=O) groups is 2. The van der Waals surface area contributed by atoms with Gasteiger partial charge in [0.05, 0.1) is 4.90 Å². The molecule has 1 saturated heterocycles. The van der Waals surface area contributed by atoms with Crippen LogP contribution in [0.25, 0.3) is 0 Å². The van der Waals surface area contributed by atoms with Gasteiger partial charge < -0.3 is 15.3 Å². The second-order valence-corrected chi connectivity index (χ2v) is 6.25. The predicted octanol–water partition coefficient (Wildman–Crippen LogP) is 0.415. The summed E-state index contributed by atoms with van der Waals surface area (Å²) in [4.78, 5) is 24.2. The molecule has 9 heteroatoms. The number of carboxylic acids is 1. The summed E-state index contributed by atoms with van der Waals surface area (Å²) < 4.78 is 22.2. The molecular weight excluding hydrogens is 298 g/mol. The van der Waals surface area contributed by atoms with Crippen molar-refractivity contribution in [1.29, 1.82) is 0 Å². The third kappa shape index (κ3) is 3.50. The fourth-order valence-electron chi connectivity index (χ4n) is 2.19. The number of benzene rings is 1. The molecule has 2 rings (SSSR count). The van der Waals surface area contributed by atoms with E-state index >= 15 is 0 Å². The maximum atomic E-state index is 12.0. The molecule has 0 aromatic heterocycles. The van der Waals surface area contributed by atoms with Crippen molar-refractivity contribution < 1.29 is 23.1 Å². The van der Waals surface area contributed by atoms with Crippen molar-refractivity contribution in [2.75, 3.05) is 11.9 Å². The van der Waals surface area contributed by atoms with Gasteiger partial charge >= 0.3 is 12.0 Å². The highest BCUT2D eigenvalue weighted by Gasteiger charge is 2.33. The number of sulfonamides is 1. The number of urea groups is 1. The van der Waals surface area contributed by atoms with Crippen molar-refractivity contribution in [2.24, 2.45) is 5.14 Å². The minimum atomic E-state index is -3.78. The molecule has 1 aromatic carbocycles. The van der Waals surface area contributed by atoms with Crippen LogP contribution in [0.2, 0.25) is 0 Å². The van der Waals surface area contributed by atoms with E-state index in [1.165, 1.54) is 29.2 Å². The zero-order valence-electron chi connectivity index (χ0n) is 11.0. The fraction of sp³-hybridized carbons (Fsp3) is 0.333. The highest BCUT2D eigenvalue weighted by Crippen LogP contribution is 2.19. The van der Waals surface area contributed by atoms with Gasteiger partial charge in [-0.1, -0.05) is 0 Å². The number of primary sulfonamides is 1. The van der Waals surface area contributed by atoms with Crippen LogP contribution in [0.1, 0.15) is 12.8 Å². The molecule has 114 valence electrons. The first-order valence-corrected chi connectivity index (χ1v) is 7.77. The number of aliphatic carboxylic acids is 1. The standard InChI is InChI=1S/C12H15N3O5S/c13-21(19,20)9-5-3-8(4-6-9)14-12(18)15-7-1-2-10(15)11(16)17/h3-6,10H,1-2,7H2,(H,14,18)(H,16,17)(H2,13,19,20)/t10-/m1/s1. The molecule has 0 aliphatic carbocycles. The summed E-state index contributed by atoms with van der Waals surface area (Å²) in [7, 11) is -3.78. The molecule has 0 radical (unpaired) electrons. The zero-order valence-corrected chi connectivity index (χ0v) is 11.8. The van der Waals surface area contributed by atoms with Crippen molar-refractivity contribution >= 4 is 27.7 Å². The average Bonchev–Trinajstić information content (AvgIpc) is 2.87. The molecule has 21 heavy (non-hydrogen) atoms. The first-order valence-electron chi connectivity index (χ1n) is 6.22. The molecule has 8 nitrogen and oxygen atoms in total. The van der Waals surface area contributed by atoms with E-state index in [9.17, 15) is 18.0 Å². The van der Waals surface area contributed by atoms with Gasteiger partial charge in [0.15, 0.2) is 0 Å². The Balaban J connectivity index is 2.08. The summed E-state index contributed by atoms with van der Waals surface area (Å²) in [6, 6.07) is 3.97. The minimum Gasteiger partial charge on any atom is -0.480 e. The van der Waals surface area contributed by atoms with E-state index in [0.717, 1.165) is 0 Å². The molecule has 1 atom stereocenters. The lowest BCUT2D eigenvalue weighted by Crippen LogP contribution is -2.42. The number of anilines is 1. The van der Waals surface area contributed by atoms with Crippen LogP contribution in [0.5, 0.6) is 0 Å². The number of amides is 2. The molecule has 0 spiro atoms. The van der Waals surface area contributed by atoms with Crippen molar-refractivity contribution in [3.8, 4) is 0 Å². The normalized spacial score (nSPS) is 18.5. The molecule has 2 amide bonds. The molecule has 0 saturated carbocycles. The summed E-state index contributed by atoms with van der Waals surface area (Å²) in [5.74, 6) is -1.03. The lowest BCUT2D eigenvalue weighted by atomic mass is 10.2. The van der Waals surface area contributed by atoms with Crippen molar-refractivity contribution in [3.63, 3.8) is 0 Å². The van der Waals surface area contributed by atoms with Crippen molar-refractivity contribution in [1.82, 2.24) is 4.90 Å². The van der Waals surface area contributed by atoms with Gasteiger partial charge in [0, 0.05) is 12.2 Å². The van der Waals surface area contributed by atoms with E-state index in [0.29, 0.717) is 25.1 Å². The van der Waals surface area contributed by atoms with Crippen molar-refractivity contribution in [2.45, 2.75) is 23.8 Å². The highest BCUT2D eigenvalue weighted by molar-refractivity contribution is 7.89. The Morgan fingerprint density at radius 3 is 2.43 bits per heavy atom. The van der Waals surface area contributed by atoms with Crippen LogP contribution in [-0.4, -0.2) is 43.0 Å². The van der Waals surface area contributed by atoms with Gasteiger partial charge in [-0.3, -0.25) is 0 Å². The van der Waals surface area contributed by atoms with Crippen molar-refractivity contribution in [3.05, 3.63) is 24.3 Å². The summed E-state index contributed by atoms with van der Waals surface area (Å²) >= 11 is 0. The van der Waals surface area contributed by atoms with Crippen LogP contribution >= 0.6 is 0 Å². The number of nitrogens with two attached hydrogens (primary N) is 1. The largest absolute Gasteiger partial charge is 0.480 e. The predicted molar refractivity (Wildman–Crippen MR) is 74.2 cm³/mol. The molecule has 0 unspecified atom stereocenters. The van der Waals surface area contributed by atoms with Crippen LogP contribution in [-0.2, 0) is 14.8 Å². The third-order valence-electron chi connectivity index (χ3n) is 3.23. The number of nitrogens with one attached hydrogen (secondary N) is 1. The van der Waals surface area contributed by atoms with E-state index in [4.69, 9.17) is 10.2 Å². The number of nitrogens with zero attached hydrogens (tertiary/aromatic N) is 1. The van der Waals surface area contributed by atoms with Crippen LogP contribution < -0.4 is 10.5 Å². The van der Waals surface area contributed by atoms with Gasteiger partial charge in [-0.25, -0.2) is 23.1 Å². The van der Waals surface area contributed by atoms with Crippen LogP contribution in [0, 0.1) is 0 Å². The highest BCUT2D eigenvalue weighted by atomic mass is 32.2. The van der Waals surface area contributed by atoms with Crippen LogP contribution in [0.4, 0.5) is 10.5 Å². The van der Waals surface area contributed by atoms with Gasteiger partial charge in [-0.15, -0.1) is 0 Å². The quantitative estimate of drug-likeness (QED) is 0.744. The molecule has 1 aromatic rings. The van der Waals surface area contributed by atoms with E-state index in [2.05, 4.69) is 5.32 Å². The van der Waals surface area contributed by atoms with Crippen LogP contribution in [0.15, 0.2) is 29.2 Å². The Kier molecular flexibility index (Phi) is 4.14. The SMILES string of the molecule is NS(=O)(=O)c1ccc(NC(=O)N2CCC[C@@H]2C(=O)O)cc1. The van der Waals surface area contributed by atoms with E-state index in [1.807, 2.05) is 0 Å². The smallest absolute Gasteiger partial charge is 0.326 e. The summed E-state index contributed by atoms with van der Waals surface area (Å²) in [6.07, 6.45) is 1.06. The number of hydrogen-bond donors (Lipinski definition) is 3. The Hall–Kier alpha value is -2.13. The number of likely N-dealkylation sites (tertiary alicyclic amines) is 1. The van der Waals surface area contributed by atoms with E-state index in [-0.39, 0.29) is 4.90 Å². The molecule has 1 fully saturated rings. The first kappa shape index (κ1) is 15.3. The van der Waals surface area contributed by atoms with Gasteiger partial charge in [0.1, 0.15) is 6.04 Å². The number of rotatable bonds is 3. The molecule has 0 bridgehead atoms. The second kappa shape index (κ2) is 5.70. The fourth-order valence-corrected chi connectivity index (χ4v) is 2.71. The maximum absolute atomic E-state index is 12.0. The summed E-state index contributed by atoms with van der Waals surface area (Å²) in [5, 5.41) is 16.5. The molecule has 1 heterocycles. The topological polar surface area (TPSA) is 130 Å². The first-order chi connectivity index (χ1) is 9.79. The number of carbonyl (C=O) groups excluding carboxylic acids is 1. The van der Waals surface area contributed by atoms with Crippen LogP contribution in [0.3, 0.4) is 0 Å². The minimum absolute atomic E-state index is 0.0647.